The molecule has 2 unspecified atom stereocenters. The minimum atomic E-state index is 0.321. The van der Waals surface area contributed by atoms with Gasteiger partial charge in [-0.15, -0.1) is 0 Å². The SMILES string of the molecule is NNc1ncc(Br)c(NC2CCOC2C2CC2)n1. The van der Waals surface area contributed by atoms with Gasteiger partial charge in [-0.1, -0.05) is 0 Å². The molecule has 6 nitrogen and oxygen atoms in total. The van der Waals surface area contributed by atoms with E-state index in [4.69, 9.17) is 10.6 Å². The van der Waals surface area contributed by atoms with Crippen molar-refractivity contribution in [2.75, 3.05) is 17.3 Å². The Hall–Kier alpha value is -0.920. The molecule has 3 rings (SSSR count). The smallest absolute Gasteiger partial charge is 0.239 e. The Labute approximate surface area is 114 Å². The van der Waals surface area contributed by atoms with Crippen LogP contribution in [0.2, 0.25) is 0 Å². The lowest BCUT2D eigenvalue weighted by Gasteiger charge is -2.20. The summed E-state index contributed by atoms with van der Waals surface area (Å²) in [6.07, 6.45) is 5.59. The second kappa shape index (κ2) is 4.99. The van der Waals surface area contributed by atoms with E-state index in [9.17, 15) is 0 Å². The van der Waals surface area contributed by atoms with Crippen LogP contribution < -0.4 is 16.6 Å². The number of rotatable bonds is 4. The first kappa shape index (κ1) is 12.1. The maximum atomic E-state index is 5.80. The van der Waals surface area contributed by atoms with Crippen molar-refractivity contribution in [1.29, 1.82) is 0 Å². The van der Waals surface area contributed by atoms with Crippen molar-refractivity contribution in [3.63, 3.8) is 0 Å². The average molecular weight is 314 g/mol. The summed E-state index contributed by atoms with van der Waals surface area (Å²) in [4.78, 5) is 8.34. The lowest BCUT2D eigenvalue weighted by atomic mass is 10.1. The van der Waals surface area contributed by atoms with Crippen LogP contribution in [-0.4, -0.2) is 28.7 Å². The number of nitrogens with one attached hydrogen (secondary N) is 2. The summed E-state index contributed by atoms with van der Waals surface area (Å²) < 4.78 is 6.63. The lowest BCUT2D eigenvalue weighted by Crippen LogP contribution is -2.31. The summed E-state index contributed by atoms with van der Waals surface area (Å²) in [5, 5.41) is 3.44. The zero-order valence-electron chi connectivity index (χ0n) is 9.90. The number of ether oxygens (including phenoxy) is 1. The van der Waals surface area contributed by atoms with Gasteiger partial charge in [-0.25, -0.2) is 10.8 Å². The predicted molar refractivity (Wildman–Crippen MR) is 72.0 cm³/mol. The van der Waals surface area contributed by atoms with Crippen LogP contribution in [0.1, 0.15) is 19.3 Å². The van der Waals surface area contributed by atoms with Gasteiger partial charge in [0.2, 0.25) is 5.95 Å². The Morgan fingerprint density at radius 3 is 2.94 bits per heavy atom. The normalized spacial score (nSPS) is 27.2. The fourth-order valence-electron chi connectivity index (χ4n) is 2.37. The number of hydrogen-bond donors (Lipinski definition) is 3. The first-order valence-corrected chi connectivity index (χ1v) is 6.94. The summed E-state index contributed by atoms with van der Waals surface area (Å²) in [5.74, 6) is 7.21. The van der Waals surface area contributed by atoms with E-state index < -0.39 is 0 Å². The van der Waals surface area contributed by atoms with Crippen molar-refractivity contribution >= 4 is 27.7 Å². The number of nitrogens with two attached hydrogens (primary N) is 1. The third kappa shape index (κ3) is 2.43. The Kier molecular flexibility index (Phi) is 3.36. The van der Waals surface area contributed by atoms with Gasteiger partial charge >= 0.3 is 0 Å². The molecule has 2 fully saturated rings. The van der Waals surface area contributed by atoms with Gasteiger partial charge in [0.1, 0.15) is 5.82 Å². The van der Waals surface area contributed by atoms with Gasteiger partial charge in [-0.2, -0.15) is 4.98 Å². The molecule has 1 aliphatic heterocycles. The fraction of sp³-hybridized carbons (Fsp3) is 0.636. The second-order valence-corrected chi connectivity index (χ2v) is 5.60. The van der Waals surface area contributed by atoms with Gasteiger partial charge in [0.15, 0.2) is 0 Å². The van der Waals surface area contributed by atoms with Gasteiger partial charge in [0.25, 0.3) is 0 Å². The average Bonchev–Trinajstić information content (AvgIpc) is 3.13. The van der Waals surface area contributed by atoms with E-state index in [0.717, 1.165) is 29.2 Å². The Morgan fingerprint density at radius 1 is 1.39 bits per heavy atom. The highest BCUT2D eigenvalue weighted by Crippen LogP contribution is 2.39. The van der Waals surface area contributed by atoms with Gasteiger partial charge in [0.05, 0.1) is 16.6 Å². The summed E-state index contributed by atoms with van der Waals surface area (Å²) in [6.45, 7) is 0.823. The molecule has 1 aromatic heterocycles. The summed E-state index contributed by atoms with van der Waals surface area (Å²) in [6, 6.07) is 0.328. The summed E-state index contributed by atoms with van der Waals surface area (Å²) >= 11 is 3.44. The minimum Gasteiger partial charge on any atom is -0.376 e. The molecule has 1 saturated carbocycles. The molecule has 18 heavy (non-hydrogen) atoms. The molecular formula is C11H16BrN5O. The first-order valence-electron chi connectivity index (χ1n) is 6.15. The Bertz CT molecular complexity index is 439. The van der Waals surface area contributed by atoms with E-state index >= 15 is 0 Å². The van der Waals surface area contributed by atoms with Crippen LogP contribution in [0.15, 0.2) is 10.7 Å². The third-order valence-electron chi connectivity index (χ3n) is 3.42. The number of aromatic nitrogens is 2. The van der Waals surface area contributed by atoms with Crippen LogP contribution in [0.4, 0.5) is 11.8 Å². The number of nitrogens with zero attached hydrogens (tertiary/aromatic N) is 2. The number of halogens is 1. The highest BCUT2D eigenvalue weighted by Gasteiger charge is 2.40. The van der Waals surface area contributed by atoms with Crippen LogP contribution in [0.5, 0.6) is 0 Å². The molecule has 1 aliphatic carbocycles. The van der Waals surface area contributed by atoms with E-state index in [1.807, 2.05) is 0 Å². The molecule has 7 heteroatoms. The molecule has 1 saturated heterocycles. The molecule has 98 valence electrons. The van der Waals surface area contributed by atoms with Gasteiger partial charge < -0.3 is 10.1 Å². The van der Waals surface area contributed by atoms with Crippen molar-refractivity contribution in [3.8, 4) is 0 Å². The maximum Gasteiger partial charge on any atom is 0.239 e. The molecule has 4 N–H and O–H groups in total. The fourth-order valence-corrected chi connectivity index (χ4v) is 2.67. The summed E-state index contributed by atoms with van der Waals surface area (Å²) in [7, 11) is 0. The molecular weight excluding hydrogens is 298 g/mol. The van der Waals surface area contributed by atoms with Crippen molar-refractivity contribution < 1.29 is 4.74 Å². The number of hydrazine groups is 1. The summed E-state index contributed by atoms with van der Waals surface area (Å²) in [5.41, 5.74) is 2.45. The molecule has 2 aliphatic rings. The zero-order chi connectivity index (χ0) is 12.5. The Balaban J connectivity index is 1.74. The van der Waals surface area contributed by atoms with E-state index in [2.05, 4.69) is 36.6 Å². The van der Waals surface area contributed by atoms with E-state index in [0.29, 0.717) is 18.1 Å². The van der Waals surface area contributed by atoms with E-state index in [1.165, 1.54) is 12.8 Å². The largest absolute Gasteiger partial charge is 0.376 e. The quantitative estimate of drug-likeness (QED) is 0.577. The standard InChI is InChI=1S/C11H16BrN5O/c12-7-5-14-11(17-13)16-10(7)15-8-3-4-18-9(8)6-1-2-6/h5-6,8-9H,1-4,13H2,(H2,14,15,16,17). The monoisotopic (exact) mass is 313 g/mol. The molecule has 0 aromatic carbocycles. The van der Waals surface area contributed by atoms with Crippen LogP contribution in [0.25, 0.3) is 0 Å². The topological polar surface area (TPSA) is 85.1 Å². The van der Waals surface area contributed by atoms with Crippen molar-refractivity contribution in [2.45, 2.75) is 31.4 Å². The van der Waals surface area contributed by atoms with Crippen LogP contribution >= 0.6 is 15.9 Å². The molecule has 0 amide bonds. The van der Waals surface area contributed by atoms with Crippen LogP contribution in [0.3, 0.4) is 0 Å². The van der Waals surface area contributed by atoms with Crippen molar-refractivity contribution in [3.05, 3.63) is 10.7 Å². The number of nitrogen functional groups attached to an aromatic ring is 1. The van der Waals surface area contributed by atoms with Crippen LogP contribution in [-0.2, 0) is 4.74 Å². The highest BCUT2D eigenvalue weighted by molar-refractivity contribution is 9.10. The van der Waals surface area contributed by atoms with Crippen LogP contribution in [0, 0.1) is 5.92 Å². The molecule has 0 bridgehead atoms. The highest BCUT2D eigenvalue weighted by atomic mass is 79.9. The molecule has 0 radical (unpaired) electrons. The molecule has 2 heterocycles. The van der Waals surface area contributed by atoms with Gasteiger partial charge in [-0.3, -0.25) is 5.43 Å². The number of anilines is 2. The van der Waals surface area contributed by atoms with Crippen molar-refractivity contribution in [2.24, 2.45) is 11.8 Å². The van der Waals surface area contributed by atoms with E-state index in [1.54, 1.807) is 6.20 Å². The Morgan fingerprint density at radius 2 is 2.22 bits per heavy atom. The second-order valence-electron chi connectivity index (χ2n) is 4.75. The predicted octanol–water partition coefficient (Wildman–Crippen LogP) is 1.50. The molecule has 0 spiro atoms. The van der Waals surface area contributed by atoms with Gasteiger partial charge in [-0.05, 0) is 41.1 Å². The van der Waals surface area contributed by atoms with Gasteiger partial charge in [0, 0.05) is 12.8 Å². The maximum absolute atomic E-state index is 5.80. The van der Waals surface area contributed by atoms with E-state index in [-0.39, 0.29) is 0 Å². The van der Waals surface area contributed by atoms with Crippen molar-refractivity contribution in [1.82, 2.24) is 9.97 Å². The minimum absolute atomic E-state index is 0.321. The third-order valence-corrected chi connectivity index (χ3v) is 4.00. The molecule has 1 aromatic rings. The first-order chi connectivity index (χ1) is 8.78. The zero-order valence-corrected chi connectivity index (χ0v) is 11.5. The lowest BCUT2D eigenvalue weighted by molar-refractivity contribution is 0.0898. The molecule has 2 atom stereocenters. The number of hydrogen-bond acceptors (Lipinski definition) is 6.